The number of benzene rings is 1. The molecule has 114 valence electrons. The third-order valence-electron chi connectivity index (χ3n) is 4.40. The highest BCUT2D eigenvalue weighted by Gasteiger charge is 2.20. The van der Waals surface area contributed by atoms with Crippen molar-refractivity contribution in [3.05, 3.63) is 29.3 Å². The standard InChI is InChI=1S/C18H27N3/c1-14(2)20-13-15-9-10-18(16(11-15)12-19)21(3)17-7-5-4-6-8-17/h9-11,14,17,20H,4-8,13H2,1-3H3. The van der Waals surface area contributed by atoms with E-state index in [1.54, 1.807) is 0 Å². The summed E-state index contributed by atoms with van der Waals surface area (Å²) in [5.41, 5.74) is 3.06. The Morgan fingerprint density at radius 1 is 1.29 bits per heavy atom. The highest BCUT2D eigenvalue weighted by Crippen LogP contribution is 2.28. The Kier molecular flexibility index (Phi) is 5.64. The lowest BCUT2D eigenvalue weighted by Gasteiger charge is -2.33. The molecule has 0 unspecified atom stereocenters. The third kappa shape index (κ3) is 4.22. The van der Waals surface area contributed by atoms with E-state index in [4.69, 9.17) is 0 Å². The number of anilines is 1. The van der Waals surface area contributed by atoms with Gasteiger partial charge in [-0.1, -0.05) is 39.2 Å². The van der Waals surface area contributed by atoms with Gasteiger partial charge in [0.15, 0.2) is 0 Å². The Hall–Kier alpha value is -1.53. The molecule has 3 heteroatoms. The number of hydrogen-bond acceptors (Lipinski definition) is 3. The summed E-state index contributed by atoms with van der Waals surface area (Å²) in [7, 11) is 2.14. The number of rotatable bonds is 5. The summed E-state index contributed by atoms with van der Waals surface area (Å²) < 4.78 is 0. The molecule has 1 aliphatic rings. The van der Waals surface area contributed by atoms with E-state index >= 15 is 0 Å². The first-order valence-electron chi connectivity index (χ1n) is 8.11. The van der Waals surface area contributed by atoms with Crippen molar-refractivity contribution < 1.29 is 0 Å². The van der Waals surface area contributed by atoms with Crippen LogP contribution in [0.25, 0.3) is 0 Å². The third-order valence-corrected chi connectivity index (χ3v) is 4.40. The Morgan fingerprint density at radius 3 is 2.62 bits per heavy atom. The van der Waals surface area contributed by atoms with Crippen molar-refractivity contribution in [2.45, 2.75) is 64.6 Å². The molecule has 1 aliphatic carbocycles. The number of nitrogens with zero attached hydrogens (tertiary/aromatic N) is 2. The molecule has 0 radical (unpaired) electrons. The maximum atomic E-state index is 9.47. The van der Waals surface area contributed by atoms with Gasteiger partial charge < -0.3 is 10.2 Å². The largest absolute Gasteiger partial charge is 0.371 e. The molecule has 0 amide bonds. The van der Waals surface area contributed by atoms with E-state index in [-0.39, 0.29) is 0 Å². The Bertz CT molecular complexity index is 496. The smallest absolute Gasteiger partial charge is 0.101 e. The molecule has 0 aliphatic heterocycles. The minimum absolute atomic E-state index is 0.458. The second kappa shape index (κ2) is 7.47. The van der Waals surface area contributed by atoms with Crippen LogP contribution in [0.2, 0.25) is 0 Å². The number of hydrogen-bond donors (Lipinski definition) is 1. The van der Waals surface area contributed by atoms with Crippen molar-refractivity contribution in [2.75, 3.05) is 11.9 Å². The van der Waals surface area contributed by atoms with E-state index in [1.807, 2.05) is 6.07 Å². The Morgan fingerprint density at radius 2 is 2.00 bits per heavy atom. The van der Waals surface area contributed by atoms with Crippen LogP contribution in [0.3, 0.4) is 0 Å². The topological polar surface area (TPSA) is 39.1 Å². The van der Waals surface area contributed by atoms with Crippen LogP contribution in [-0.4, -0.2) is 19.1 Å². The molecule has 1 aromatic carbocycles. The molecule has 1 aromatic rings. The monoisotopic (exact) mass is 285 g/mol. The Labute approximate surface area is 129 Å². The van der Waals surface area contributed by atoms with E-state index in [2.05, 4.69) is 49.3 Å². The van der Waals surface area contributed by atoms with Gasteiger partial charge in [-0.15, -0.1) is 0 Å². The molecule has 1 N–H and O–H groups in total. The second-order valence-corrected chi connectivity index (χ2v) is 6.40. The number of nitrogens with one attached hydrogen (secondary N) is 1. The maximum absolute atomic E-state index is 9.47. The second-order valence-electron chi connectivity index (χ2n) is 6.40. The predicted molar refractivity (Wildman–Crippen MR) is 88.4 cm³/mol. The van der Waals surface area contributed by atoms with Crippen LogP contribution in [0.4, 0.5) is 5.69 Å². The first-order valence-corrected chi connectivity index (χ1v) is 8.11. The van der Waals surface area contributed by atoms with Gasteiger partial charge in [-0.05, 0) is 30.5 Å². The maximum Gasteiger partial charge on any atom is 0.101 e. The van der Waals surface area contributed by atoms with Crippen LogP contribution >= 0.6 is 0 Å². The summed E-state index contributed by atoms with van der Waals surface area (Å²) >= 11 is 0. The minimum atomic E-state index is 0.458. The fourth-order valence-corrected chi connectivity index (χ4v) is 3.08. The average molecular weight is 285 g/mol. The Balaban J connectivity index is 2.13. The highest BCUT2D eigenvalue weighted by molar-refractivity contribution is 5.60. The lowest BCUT2D eigenvalue weighted by Crippen LogP contribution is -2.33. The molecule has 1 saturated carbocycles. The average Bonchev–Trinajstić information content (AvgIpc) is 2.52. The zero-order chi connectivity index (χ0) is 15.2. The van der Waals surface area contributed by atoms with Gasteiger partial charge in [0.1, 0.15) is 6.07 Å². The highest BCUT2D eigenvalue weighted by atomic mass is 15.1. The van der Waals surface area contributed by atoms with Crippen LogP contribution in [0.5, 0.6) is 0 Å². The molecule has 0 heterocycles. The molecule has 2 rings (SSSR count). The van der Waals surface area contributed by atoms with Gasteiger partial charge >= 0.3 is 0 Å². The van der Waals surface area contributed by atoms with E-state index < -0.39 is 0 Å². The van der Waals surface area contributed by atoms with Gasteiger partial charge in [0, 0.05) is 25.7 Å². The SMILES string of the molecule is CC(C)NCc1ccc(N(C)C2CCCCC2)c(C#N)c1. The number of nitriles is 1. The summed E-state index contributed by atoms with van der Waals surface area (Å²) in [5.74, 6) is 0. The van der Waals surface area contributed by atoms with Gasteiger partial charge in [-0.2, -0.15) is 5.26 Å². The van der Waals surface area contributed by atoms with E-state index in [0.29, 0.717) is 12.1 Å². The molecule has 0 bridgehead atoms. The fraction of sp³-hybridized carbons (Fsp3) is 0.611. The minimum Gasteiger partial charge on any atom is -0.371 e. The van der Waals surface area contributed by atoms with Gasteiger partial charge in [0.2, 0.25) is 0 Å². The van der Waals surface area contributed by atoms with E-state index in [0.717, 1.165) is 17.8 Å². The molecular formula is C18H27N3. The normalized spacial score (nSPS) is 16.0. The summed E-state index contributed by atoms with van der Waals surface area (Å²) in [5, 5.41) is 12.9. The zero-order valence-electron chi connectivity index (χ0n) is 13.5. The summed E-state index contributed by atoms with van der Waals surface area (Å²) in [6, 6.07) is 9.71. The first kappa shape index (κ1) is 15.9. The molecule has 0 saturated heterocycles. The van der Waals surface area contributed by atoms with Gasteiger partial charge in [0.05, 0.1) is 11.3 Å². The molecule has 0 aromatic heterocycles. The van der Waals surface area contributed by atoms with Crippen molar-refractivity contribution >= 4 is 5.69 Å². The van der Waals surface area contributed by atoms with Crippen molar-refractivity contribution in [3.8, 4) is 6.07 Å². The van der Waals surface area contributed by atoms with E-state index in [9.17, 15) is 5.26 Å². The predicted octanol–water partition coefficient (Wildman–Crippen LogP) is 3.83. The molecule has 0 atom stereocenters. The summed E-state index contributed by atoms with van der Waals surface area (Å²) in [6.07, 6.45) is 6.48. The van der Waals surface area contributed by atoms with Gasteiger partial charge in [-0.25, -0.2) is 0 Å². The fourth-order valence-electron chi connectivity index (χ4n) is 3.08. The summed E-state index contributed by atoms with van der Waals surface area (Å²) in [6.45, 7) is 5.09. The van der Waals surface area contributed by atoms with Crippen molar-refractivity contribution in [3.63, 3.8) is 0 Å². The molecule has 3 nitrogen and oxygen atoms in total. The van der Waals surface area contributed by atoms with Crippen molar-refractivity contribution in [2.24, 2.45) is 0 Å². The molecule has 1 fully saturated rings. The summed E-state index contributed by atoms with van der Waals surface area (Å²) in [4.78, 5) is 2.32. The van der Waals surface area contributed by atoms with Crippen LogP contribution in [0.1, 0.15) is 57.1 Å². The van der Waals surface area contributed by atoms with Crippen LogP contribution in [-0.2, 0) is 6.54 Å². The van der Waals surface area contributed by atoms with Crippen LogP contribution < -0.4 is 10.2 Å². The molecular weight excluding hydrogens is 258 g/mol. The zero-order valence-corrected chi connectivity index (χ0v) is 13.5. The van der Waals surface area contributed by atoms with Crippen molar-refractivity contribution in [1.82, 2.24) is 5.32 Å². The van der Waals surface area contributed by atoms with Gasteiger partial charge in [-0.3, -0.25) is 0 Å². The van der Waals surface area contributed by atoms with Gasteiger partial charge in [0.25, 0.3) is 0 Å². The molecule has 21 heavy (non-hydrogen) atoms. The lowest BCUT2D eigenvalue weighted by atomic mass is 9.93. The first-order chi connectivity index (χ1) is 10.1. The molecule has 0 spiro atoms. The van der Waals surface area contributed by atoms with Crippen molar-refractivity contribution in [1.29, 1.82) is 5.26 Å². The quantitative estimate of drug-likeness (QED) is 0.893. The van der Waals surface area contributed by atoms with E-state index in [1.165, 1.54) is 37.7 Å². The van der Waals surface area contributed by atoms with Crippen LogP contribution in [0.15, 0.2) is 18.2 Å². The lowest BCUT2D eigenvalue weighted by molar-refractivity contribution is 0.427. The van der Waals surface area contributed by atoms with Crippen LogP contribution in [0, 0.1) is 11.3 Å².